The Morgan fingerprint density at radius 2 is 1.56 bits per heavy atom. The minimum absolute atomic E-state index is 0.198. The zero-order valence-electron chi connectivity index (χ0n) is 19.6. The number of rotatable bonds is 8. The monoisotopic (exact) mass is 541 g/mol. The van der Waals surface area contributed by atoms with Crippen molar-refractivity contribution < 1.29 is 14.3 Å². The van der Waals surface area contributed by atoms with Gasteiger partial charge in [0.15, 0.2) is 0 Å². The number of aryl methyl sites for hydroxylation is 1. The second-order valence-corrected chi connectivity index (χ2v) is 8.91. The lowest BCUT2D eigenvalue weighted by molar-refractivity contribution is 0.0954. The summed E-state index contributed by atoms with van der Waals surface area (Å²) in [4.78, 5) is 25.0. The standard InChI is InChI=1S/C29H24BrN3O3/c1-20-6-2-4-8-26(20)29(35)32-25-16-12-22(13-17-25)28(34)33-31-18-23-7-3-5-9-27(23)36-19-21-10-14-24(30)15-11-21/h2-18H,19H2,1H3,(H,32,35)(H,33,34). The molecule has 0 radical (unpaired) electrons. The van der Waals surface area contributed by atoms with E-state index in [4.69, 9.17) is 4.74 Å². The maximum absolute atomic E-state index is 12.5. The molecule has 2 amide bonds. The molecule has 0 saturated carbocycles. The van der Waals surface area contributed by atoms with Crippen molar-refractivity contribution in [2.75, 3.05) is 5.32 Å². The molecule has 0 fully saturated rings. The summed E-state index contributed by atoms with van der Waals surface area (Å²) in [5.74, 6) is 0.0966. The van der Waals surface area contributed by atoms with E-state index in [-0.39, 0.29) is 11.8 Å². The smallest absolute Gasteiger partial charge is 0.271 e. The van der Waals surface area contributed by atoms with Crippen LogP contribution in [-0.4, -0.2) is 18.0 Å². The van der Waals surface area contributed by atoms with Gasteiger partial charge >= 0.3 is 0 Å². The molecule has 0 bridgehead atoms. The van der Waals surface area contributed by atoms with E-state index >= 15 is 0 Å². The number of hydrogen-bond donors (Lipinski definition) is 2. The number of halogens is 1. The summed E-state index contributed by atoms with van der Waals surface area (Å²) in [5, 5.41) is 6.93. The van der Waals surface area contributed by atoms with Gasteiger partial charge in [0, 0.05) is 26.9 Å². The Bertz CT molecular complexity index is 1380. The highest BCUT2D eigenvalue weighted by molar-refractivity contribution is 9.10. The average molecular weight is 542 g/mol. The van der Waals surface area contributed by atoms with Gasteiger partial charge in [-0.05, 0) is 72.6 Å². The van der Waals surface area contributed by atoms with E-state index < -0.39 is 0 Å². The second kappa shape index (κ2) is 12.0. The third-order valence-corrected chi connectivity index (χ3v) is 5.92. The molecule has 0 atom stereocenters. The summed E-state index contributed by atoms with van der Waals surface area (Å²) >= 11 is 3.42. The number of hydrazone groups is 1. The van der Waals surface area contributed by atoms with Crippen molar-refractivity contribution in [2.45, 2.75) is 13.5 Å². The van der Waals surface area contributed by atoms with Crippen LogP contribution in [0.15, 0.2) is 107 Å². The Morgan fingerprint density at radius 3 is 2.31 bits per heavy atom. The molecule has 180 valence electrons. The van der Waals surface area contributed by atoms with Gasteiger partial charge in [0.05, 0.1) is 6.21 Å². The molecule has 6 nitrogen and oxygen atoms in total. The van der Waals surface area contributed by atoms with E-state index in [9.17, 15) is 9.59 Å². The third-order valence-electron chi connectivity index (χ3n) is 5.39. The zero-order chi connectivity index (χ0) is 25.3. The number of para-hydroxylation sites is 1. The van der Waals surface area contributed by atoms with E-state index in [1.807, 2.05) is 73.7 Å². The van der Waals surface area contributed by atoms with Crippen molar-refractivity contribution in [1.29, 1.82) is 0 Å². The fourth-order valence-electron chi connectivity index (χ4n) is 3.42. The van der Waals surface area contributed by atoms with Gasteiger partial charge < -0.3 is 10.1 Å². The second-order valence-electron chi connectivity index (χ2n) is 8.00. The summed E-state index contributed by atoms with van der Waals surface area (Å²) in [6.45, 7) is 2.30. The van der Waals surface area contributed by atoms with Gasteiger partial charge in [-0.2, -0.15) is 5.10 Å². The Balaban J connectivity index is 1.33. The molecule has 0 unspecified atom stereocenters. The minimum Gasteiger partial charge on any atom is -0.488 e. The predicted octanol–water partition coefficient (Wildman–Crippen LogP) is 6.35. The Morgan fingerprint density at radius 1 is 0.861 bits per heavy atom. The summed E-state index contributed by atoms with van der Waals surface area (Å²) < 4.78 is 6.95. The SMILES string of the molecule is Cc1ccccc1C(=O)Nc1ccc(C(=O)NN=Cc2ccccc2OCc2ccc(Br)cc2)cc1. The Kier molecular flexibility index (Phi) is 8.26. The van der Waals surface area contributed by atoms with Gasteiger partial charge in [0.1, 0.15) is 12.4 Å². The number of benzene rings is 4. The Labute approximate surface area is 218 Å². The fourth-order valence-corrected chi connectivity index (χ4v) is 3.68. The van der Waals surface area contributed by atoms with Crippen LogP contribution in [0.4, 0.5) is 5.69 Å². The van der Waals surface area contributed by atoms with Crippen LogP contribution in [0.2, 0.25) is 0 Å². The number of carbonyl (C=O) groups excluding carboxylic acids is 2. The molecule has 0 spiro atoms. The van der Waals surface area contributed by atoms with Crippen LogP contribution in [0, 0.1) is 6.92 Å². The highest BCUT2D eigenvalue weighted by Gasteiger charge is 2.10. The molecule has 0 aliphatic rings. The van der Waals surface area contributed by atoms with Crippen LogP contribution >= 0.6 is 15.9 Å². The molecular weight excluding hydrogens is 518 g/mol. The van der Waals surface area contributed by atoms with Crippen molar-refractivity contribution in [3.05, 3.63) is 129 Å². The van der Waals surface area contributed by atoms with Gasteiger partial charge in [-0.15, -0.1) is 0 Å². The number of anilines is 1. The first-order valence-corrected chi connectivity index (χ1v) is 12.1. The van der Waals surface area contributed by atoms with Crippen molar-refractivity contribution >= 4 is 39.6 Å². The van der Waals surface area contributed by atoms with Gasteiger partial charge in [-0.25, -0.2) is 5.43 Å². The van der Waals surface area contributed by atoms with Crippen LogP contribution in [0.1, 0.15) is 37.4 Å². The predicted molar refractivity (Wildman–Crippen MR) is 146 cm³/mol. The fraction of sp³-hybridized carbons (Fsp3) is 0.0690. The maximum Gasteiger partial charge on any atom is 0.271 e. The van der Waals surface area contributed by atoms with Crippen LogP contribution in [-0.2, 0) is 6.61 Å². The molecular formula is C29H24BrN3O3. The van der Waals surface area contributed by atoms with Crippen LogP contribution < -0.4 is 15.5 Å². The number of nitrogens with zero attached hydrogens (tertiary/aromatic N) is 1. The Hall–Kier alpha value is -4.23. The first kappa shape index (κ1) is 24.9. The first-order chi connectivity index (χ1) is 17.5. The average Bonchev–Trinajstić information content (AvgIpc) is 2.89. The molecule has 0 saturated heterocycles. The van der Waals surface area contributed by atoms with Crippen LogP contribution in [0.5, 0.6) is 5.75 Å². The van der Waals surface area contributed by atoms with Crippen molar-refractivity contribution in [2.24, 2.45) is 5.10 Å². The van der Waals surface area contributed by atoms with Gasteiger partial charge in [-0.1, -0.05) is 58.4 Å². The summed E-state index contributed by atoms with van der Waals surface area (Å²) in [6.07, 6.45) is 1.55. The van der Waals surface area contributed by atoms with Crippen molar-refractivity contribution in [3.63, 3.8) is 0 Å². The largest absolute Gasteiger partial charge is 0.488 e. The summed E-state index contributed by atoms with van der Waals surface area (Å²) in [6, 6.07) is 29.4. The van der Waals surface area contributed by atoms with Gasteiger partial charge in [0.25, 0.3) is 11.8 Å². The lowest BCUT2D eigenvalue weighted by atomic mass is 10.1. The van der Waals surface area contributed by atoms with Crippen molar-refractivity contribution in [3.8, 4) is 5.75 Å². The molecule has 0 heterocycles. The molecule has 36 heavy (non-hydrogen) atoms. The van der Waals surface area contributed by atoms with Gasteiger partial charge in [-0.3, -0.25) is 9.59 Å². The van der Waals surface area contributed by atoms with E-state index in [2.05, 4.69) is 31.8 Å². The lowest BCUT2D eigenvalue weighted by Gasteiger charge is -2.09. The van der Waals surface area contributed by atoms with E-state index in [1.54, 1.807) is 36.5 Å². The topological polar surface area (TPSA) is 79.8 Å². The molecule has 4 aromatic rings. The molecule has 0 aliphatic carbocycles. The number of ether oxygens (including phenoxy) is 1. The number of hydrogen-bond acceptors (Lipinski definition) is 4. The molecule has 0 aromatic heterocycles. The van der Waals surface area contributed by atoms with Crippen LogP contribution in [0.3, 0.4) is 0 Å². The van der Waals surface area contributed by atoms with Crippen LogP contribution in [0.25, 0.3) is 0 Å². The third kappa shape index (κ3) is 6.67. The zero-order valence-corrected chi connectivity index (χ0v) is 21.2. The maximum atomic E-state index is 12.5. The first-order valence-electron chi connectivity index (χ1n) is 11.3. The summed E-state index contributed by atoms with van der Waals surface area (Å²) in [7, 11) is 0. The number of nitrogens with one attached hydrogen (secondary N) is 2. The quantitative estimate of drug-likeness (QED) is 0.201. The molecule has 7 heteroatoms. The number of carbonyl (C=O) groups is 2. The van der Waals surface area contributed by atoms with E-state index in [1.165, 1.54) is 0 Å². The van der Waals surface area contributed by atoms with E-state index in [0.717, 1.165) is 21.2 Å². The normalized spacial score (nSPS) is 10.7. The lowest BCUT2D eigenvalue weighted by Crippen LogP contribution is -2.18. The summed E-state index contributed by atoms with van der Waals surface area (Å²) in [5.41, 5.74) is 6.82. The van der Waals surface area contributed by atoms with Crippen molar-refractivity contribution in [1.82, 2.24) is 5.43 Å². The molecule has 2 N–H and O–H groups in total. The molecule has 4 rings (SSSR count). The highest BCUT2D eigenvalue weighted by atomic mass is 79.9. The van der Waals surface area contributed by atoms with E-state index in [0.29, 0.717) is 29.2 Å². The minimum atomic E-state index is -0.365. The molecule has 0 aliphatic heterocycles. The number of amides is 2. The van der Waals surface area contributed by atoms with Gasteiger partial charge in [0.2, 0.25) is 0 Å². The highest BCUT2D eigenvalue weighted by Crippen LogP contribution is 2.19. The molecule has 4 aromatic carbocycles.